The summed E-state index contributed by atoms with van der Waals surface area (Å²) in [5.41, 5.74) is 0. The molecule has 0 aromatic carbocycles. The van der Waals surface area contributed by atoms with Crippen molar-refractivity contribution >= 4 is 0 Å². The van der Waals surface area contributed by atoms with Gasteiger partial charge in [0.1, 0.15) is 0 Å². The number of alkyl halides is 3. The van der Waals surface area contributed by atoms with Gasteiger partial charge in [0.15, 0.2) is 0 Å². The Hall–Kier alpha value is -0.290. The van der Waals surface area contributed by atoms with Crippen molar-refractivity contribution in [1.29, 1.82) is 0 Å². The van der Waals surface area contributed by atoms with Crippen LogP contribution in [-0.4, -0.2) is 33.0 Å². The van der Waals surface area contributed by atoms with E-state index in [1.165, 1.54) is 0 Å². The molecule has 1 N–H and O–H groups in total. The van der Waals surface area contributed by atoms with E-state index in [0.29, 0.717) is 6.61 Å². The molecule has 5 heteroatoms. The lowest BCUT2D eigenvalue weighted by Gasteiger charge is -2.06. The Balaban J connectivity index is 3.01. The van der Waals surface area contributed by atoms with Crippen LogP contribution in [0.15, 0.2) is 0 Å². The number of halogens is 3. The average molecular weight is 185 g/mol. The maximum atomic E-state index is 11.5. The second-order valence-electron chi connectivity index (χ2n) is 2.43. The molecule has 0 radical (unpaired) electrons. The van der Waals surface area contributed by atoms with Gasteiger partial charge in [0, 0.05) is 6.61 Å². The average Bonchev–Trinajstić information content (AvgIpc) is 1.94. The van der Waals surface area contributed by atoms with Gasteiger partial charge in [0.2, 0.25) is 0 Å². The number of nitrogens with one attached hydrogen (secondary N) is 1. The minimum Gasteiger partial charge on any atom is -0.381 e. The summed E-state index contributed by atoms with van der Waals surface area (Å²) >= 11 is 0. The Morgan fingerprint density at radius 3 is 2.42 bits per heavy atom. The zero-order chi connectivity index (χ0) is 9.45. The first-order valence-corrected chi connectivity index (χ1v) is 3.85. The minimum absolute atomic E-state index is 0.229. The van der Waals surface area contributed by atoms with Gasteiger partial charge in [0.25, 0.3) is 0 Å². The predicted octanol–water partition coefficient (Wildman–Crippen LogP) is 1.56. The summed E-state index contributed by atoms with van der Waals surface area (Å²) in [6, 6.07) is 0. The van der Waals surface area contributed by atoms with E-state index < -0.39 is 12.6 Å². The van der Waals surface area contributed by atoms with E-state index in [4.69, 9.17) is 4.74 Å². The van der Waals surface area contributed by atoms with Crippen molar-refractivity contribution in [3.8, 4) is 0 Å². The van der Waals surface area contributed by atoms with Gasteiger partial charge in [-0.1, -0.05) is 0 Å². The summed E-state index contributed by atoms with van der Waals surface area (Å²) in [5.74, 6) is 0. The molecule has 12 heavy (non-hydrogen) atoms. The first kappa shape index (κ1) is 11.7. The van der Waals surface area contributed by atoms with Gasteiger partial charge in [-0.25, -0.2) is 0 Å². The molecule has 0 atom stereocenters. The number of hydrogen-bond acceptors (Lipinski definition) is 2. The second kappa shape index (κ2) is 6.25. The Morgan fingerprint density at radius 2 is 1.92 bits per heavy atom. The van der Waals surface area contributed by atoms with E-state index in [2.05, 4.69) is 5.32 Å². The van der Waals surface area contributed by atoms with Crippen molar-refractivity contribution in [1.82, 2.24) is 5.32 Å². The van der Waals surface area contributed by atoms with E-state index >= 15 is 0 Å². The normalized spacial score (nSPS) is 12.0. The van der Waals surface area contributed by atoms with Crippen molar-refractivity contribution in [2.75, 3.05) is 26.8 Å². The van der Waals surface area contributed by atoms with Gasteiger partial charge in [-0.3, -0.25) is 0 Å². The third-order valence-electron chi connectivity index (χ3n) is 1.25. The second-order valence-corrected chi connectivity index (χ2v) is 2.43. The smallest absolute Gasteiger partial charge is 0.381 e. The molecule has 74 valence electrons. The van der Waals surface area contributed by atoms with Crippen molar-refractivity contribution in [2.24, 2.45) is 0 Å². The van der Waals surface area contributed by atoms with E-state index in [-0.39, 0.29) is 6.61 Å². The van der Waals surface area contributed by atoms with Crippen LogP contribution >= 0.6 is 0 Å². The van der Waals surface area contributed by atoms with Crippen LogP contribution in [0, 0.1) is 0 Å². The van der Waals surface area contributed by atoms with Gasteiger partial charge in [0.05, 0.1) is 13.0 Å². The van der Waals surface area contributed by atoms with Crippen LogP contribution in [-0.2, 0) is 4.74 Å². The molecule has 0 aromatic rings. The predicted molar refractivity (Wildman–Crippen MR) is 40.0 cm³/mol. The van der Waals surface area contributed by atoms with Crippen LogP contribution in [0.2, 0.25) is 0 Å². The molecule has 0 aliphatic rings. The molecule has 0 bridgehead atoms. The molecule has 2 nitrogen and oxygen atoms in total. The quantitative estimate of drug-likeness (QED) is 0.634. The summed E-state index contributed by atoms with van der Waals surface area (Å²) in [4.78, 5) is 0. The summed E-state index contributed by atoms with van der Waals surface area (Å²) in [6.45, 7) is 0.927. The highest BCUT2D eigenvalue weighted by Gasteiger charge is 2.26. The molecule has 0 spiro atoms. The maximum absolute atomic E-state index is 11.5. The first-order valence-electron chi connectivity index (χ1n) is 3.85. The van der Waals surface area contributed by atoms with E-state index in [0.717, 1.165) is 13.0 Å². The zero-order valence-corrected chi connectivity index (χ0v) is 7.08. The molecular weight excluding hydrogens is 171 g/mol. The van der Waals surface area contributed by atoms with E-state index in [1.807, 2.05) is 0 Å². The van der Waals surface area contributed by atoms with E-state index in [9.17, 15) is 13.2 Å². The summed E-state index contributed by atoms with van der Waals surface area (Å²) in [7, 11) is 1.79. The molecular formula is C7H14F3NO. The Kier molecular flexibility index (Phi) is 6.10. The van der Waals surface area contributed by atoms with Crippen molar-refractivity contribution in [3.63, 3.8) is 0 Å². The molecule has 0 fully saturated rings. The Bertz CT molecular complexity index is 105. The fraction of sp³-hybridized carbons (Fsp3) is 1.00. The van der Waals surface area contributed by atoms with Gasteiger partial charge in [-0.05, 0) is 20.0 Å². The molecule has 0 aromatic heterocycles. The maximum Gasteiger partial charge on any atom is 0.391 e. The lowest BCUT2D eigenvalue weighted by molar-refractivity contribution is -0.145. The van der Waals surface area contributed by atoms with Crippen LogP contribution < -0.4 is 5.32 Å². The molecule has 0 aliphatic heterocycles. The van der Waals surface area contributed by atoms with Crippen LogP contribution in [0.1, 0.15) is 12.8 Å². The fourth-order valence-corrected chi connectivity index (χ4v) is 0.641. The standard InChI is InChI=1S/C7H14F3NO/c1-11-4-2-5-12-6-3-7(8,9)10/h11H,2-6H2,1H3. The number of rotatable bonds is 6. The zero-order valence-electron chi connectivity index (χ0n) is 7.08. The van der Waals surface area contributed by atoms with Crippen LogP contribution in [0.4, 0.5) is 13.2 Å². The molecule has 0 unspecified atom stereocenters. The Labute approximate surface area is 70.1 Å². The largest absolute Gasteiger partial charge is 0.391 e. The highest BCUT2D eigenvalue weighted by molar-refractivity contribution is 4.48. The van der Waals surface area contributed by atoms with Crippen LogP contribution in [0.5, 0.6) is 0 Å². The molecule has 0 amide bonds. The van der Waals surface area contributed by atoms with E-state index in [1.54, 1.807) is 7.05 Å². The molecule has 0 rings (SSSR count). The SMILES string of the molecule is CNCCCOCCC(F)(F)F. The van der Waals surface area contributed by atoms with Gasteiger partial charge in [-0.15, -0.1) is 0 Å². The van der Waals surface area contributed by atoms with Crippen molar-refractivity contribution in [2.45, 2.75) is 19.0 Å². The highest BCUT2D eigenvalue weighted by Crippen LogP contribution is 2.18. The summed E-state index contributed by atoms with van der Waals surface area (Å²) in [6.07, 6.45) is -4.20. The molecule has 0 saturated carbocycles. The fourth-order valence-electron chi connectivity index (χ4n) is 0.641. The van der Waals surface area contributed by atoms with Crippen LogP contribution in [0.25, 0.3) is 0 Å². The highest BCUT2D eigenvalue weighted by atomic mass is 19.4. The molecule has 0 heterocycles. The lowest BCUT2D eigenvalue weighted by Crippen LogP contribution is -2.14. The van der Waals surface area contributed by atoms with Crippen molar-refractivity contribution < 1.29 is 17.9 Å². The third-order valence-corrected chi connectivity index (χ3v) is 1.25. The van der Waals surface area contributed by atoms with Crippen LogP contribution in [0.3, 0.4) is 0 Å². The Morgan fingerprint density at radius 1 is 1.25 bits per heavy atom. The number of hydrogen-bond donors (Lipinski definition) is 1. The summed E-state index contributed by atoms with van der Waals surface area (Å²) < 4.78 is 39.4. The van der Waals surface area contributed by atoms with Gasteiger partial charge >= 0.3 is 6.18 Å². The third kappa shape index (κ3) is 9.71. The number of ether oxygens (including phenoxy) is 1. The van der Waals surface area contributed by atoms with Gasteiger partial charge < -0.3 is 10.1 Å². The first-order chi connectivity index (χ1) is 5.56. The minimum atomic E-state index is -4.09. The van der Waals surface area contributed by atoms with Crippen molar-refractivity contribution in [3.05, 3.63) is 0 Å². The molecule has 0 saturated heterocycles. The topological polar surface area (TPSA) is 21.3 Å². The molecule has 0 aliphatic carbocycles. The lowest BCUT2D eigenvalue weighted by atomic mass is 10.4. The monoisotopic (exact) mass is 185 g/mol. The summed E-state index contributed by atoms with van der Waals surface area (Å²) in [5, 5.41) is 2.87. The van der Waals surface area contributed by atoms with Gasteiger partial charge in [-0.2, -0.15) is 13.2 Å².